The van der Waals surface area contributed by atoms with Crippen LogP contribution in [-0.4, -0.2) is 32.1 Å². The van der Waals surface area contributed by atoms with Gasteiger partial charge >= 0.3 is 0 Å². The monoisotopic (exact) mass is 251 g/mol. The Labute approximate surface area is 108 Å². The second-order valence-electron chi connectivity index (χ2n) is 4.55. The predicted octanol–water partition coefficient (Wildman–Crippen LogP) is 2.27. The molecule has 0 spiro atoms. The molecule has 4 heteroatoms. The van der Waals surface area contributed by atoms with Gasteiger partial charge in [0.15, 0.2) is 5.78 Å². The maximum absolute atomic E-state index is 12.5. The van der Waals surface area contributed by atoms with Crippen LogP contribution >= 0.6 is 0 Å². The smallest absolute Gasteiger partial charge is 0.186 e. The van der Waals surface area contributed by atoms with E-state index in [-0.39, 0.29) is 5.78 Å². The van der Waals surface area contributed by atoms with Crippen molar-refractivity contribution in [1.29, 1.82) is 0 Å². The number of hydrogen-bond donors (Lipinski definition) is 1. The first-order valence-electron chi connectivity index (χ1n) is 5.98. The molecule has 0 saturated carbocycles. The molecule has 0 aliphatic rings. The molecular formula is C14H21NO3. The van der Waals surface area contributed by atoms with Gasteiger partial charge < -0.3 is 14.8 Å². The summed E-state index contributed by atoms with van der Waals surface area (Å²) in [6.45, 7) is 6.43. The zero-order valence-electron chi connectivity index (χ0n) is 11.7. The maximum Gasteiger partial charge on any atom is 0.186 e. The van der Waals surface area contributed by atoms with Crippen molar-refractivity contribution in [3.05, 3.63) is 23.8 Å². The third-order valence-corrected chi connectivity index (χ3v) is 2.84. The quantitative estimate of drug-likeness (QED) is 0.788. The predicted molar refractivity (Wildman–Crippen MR) is 71.6 cm³/mol. The number of ether oxygens (including phenoxy) is 2. The number of hydrogen-bond acceptors (Lipinski definition) is 4. The molecule has 0 heterocycles. The minimum atomic E-state index is -0.614. The van der Waals surface area contributed by atoms with Crippen LogP contribution in [0.25, 0.3) is 0 Å². The van der Waals surface area contributed by atoms with E-state index in [4.69, 9.17) is 9.47 Å². The molecule has 0 aliphatic heterocycles. The average molecular weight is 251 g/mol. The third-order valence-electron chi connectivity index (χ3n) is 2.84. The first kappa shape index (κ1) is 14.5. The number of rotatable bonds is 6. The number of carbonyl (C=O) groups excluding carboxylic acids is 1. The summed E-state index contributed by atoms with van der Waals surface area (Å²) >= 11 is 0. The van der Waals surface area contributed by atoms with Gasteiger partial charge in [-0.2, -0.15) is 0 Å². The topological polar surface area (TPSA) is 47.6 Å². The number of ketones is 1. The SMILES string of the molecule is CCNC(C)(C)C(=O)c1ccc(OC)cc1OC. The van der Waals surface area contributed by atoms with Gasteiger partial charge in [-0.15, -0.1) is 0 Å². The molecule has 0 unspecified atom stereocenters. The molecule has 0 bridgehead atoms. The highest BCUT2D eigenvalue weighted by atomic mass is 16.5. The van der Waals surface area contributed by atoms with Gasteiger partial charge in [0.25, 0.3) is 0 Å². The van der Waals surface area contributed by atoms with Crippen molar-refractivity contribution in [2.45, 2.75) is 26.3 Å². The minimum Gasteiger partial charge on any atom is -0.497 e. The highest BCUT2D eigenvalue weighted by Crippen LogP contribution is 2.27. The van der Waals surface area contributed by atoms with Crippen LogP contribution < -0.4 is 14.8 Å². The van der Waals surface area contributed by atoms with Crippen molar-refractivity contribution in [2.24, 2.45) is 0 Å². The Kier molecular flexibility index (Phi) is 4.73. The molecule has 0 saturated heterocycles. The highest BCUT2D eigenvalue weighted by molar-refractivity contribution is 6.05. The fourth-order valence-electron chi connectivity index (χ4n) is 1.84. The molecule has 18 heavy (non-hydrogen) atoms. The summed E-state index contributed by atoms with van der Waals surface area (Å²) in [5.74, 6) is 1.21. The van der Waals surface area contributed by atoms with Crippen LogP contribution in [-0.2, 0) is 0 Å². The van der Waals surface area contributed by atoms with Gasteiger partial charge in [-0.3, -0.25) is 4.79 Å². The van der Waals surface area contributed by atoms with E-state index in [0.717, 1.165) is 6.54 Å². The number of carbonyl (C=O) groups is 1. The molecule has 1 aromatic carbocycles. The summed E-state index contributed by atoms with van der Waals surface area (Å²) < 4.78 is 10.4. The molecule has 100 valence electrons. The number of methoxy groups -OCH3 is 2. The van der Waals surface area contributed by atoms with Gasteiger partial charge in [0.2, 0.25) is 0 Å². The van der Waals surface area contributed by atoms with E-state index in [2.05, 4.69) is 5.32 Å². The van der Waals surface area contributed by atoms with Gasteiger partial charge in [0.05, 0.1) is 25.3 Å². The Hall–Kier alpha value is -1.55. The van der Waals surface area contributed by atoms with Crippen molar-refractivity contribution < 1.29 is 14.3 Å². The second kappa shape index (κ2) is 5.87. The Bertz CT molecular complexity index is 427. The van der Waals surface area contributed by atoms with E-state index >= 15 is 0 Å². The van der Waals surface area contributed by atoms with Crippen LogP contribution in [0.5, 0.6) is 11.5 Å². The van der Waals surface area contributed by atoms with E-state index < -0.39 is 5.54 Å². The molecule has 0 radical (unpaired) electrons. The van der Waals surface area contributed by atoms with E-state index in [1.165, 1.54) is 0 Å². The Morgan fingerprint density at radius 1 is 1.28 bits per heavy atom. The number of benzene rings is 1. The normalized spacial score (nSPS) is 11.2. The first-order valence-corrected chi connectivity index (χ1v) is 5.98. The summed E-state index contributed by atoms with van der Waals surface area (Å²) in [4.78, 5) is 12.5. The van der Waals surface area contributed by atoms with Crippen LogP contribution in [0.15, 0.2) is 18.2 Å². The average Bonchev–Trinajstić information content (AvgIpc) is 2.37. The molecular weight excluding hydrogens is 230 g/mol. The largest absolute Gasteiger partial charge is 0.497 e. The third kappa shape index (κ3) is 3.01. The fraction of sp³-hybridized carbons (Fsp3) is 0.500. The Morgan fingerprint density at radius 2 is 1.94 bits per heavy atom. The standard InChI is InChI=1S/C14H21NO3/c1-6-15-14(2,3)13(16)11-8-7-10(17-4)9-12(11)18-5/h7-9,15H,6H2,1-5H3. The van der Waals surface area contributed by atoms with Crippen LogP contribution in [0.4, 0.5) is 0 Å². The fourth-order valence-corrected chi connectivity index (χ4v) is 1.84. The van der Waals surface area contributed by atoms with Crippen LogP contribution in [0.3, 0.4) is 0 Å². The van der Waals surface area contributed by atoms with E-state index in [1.807, 2.05) is 20.8 Å². The van der Waals surface area contributed by atoms with Crippen molar-refractivity contribution in [3.63, 3.8) is 0 Å². The summed E-state index contributed by atoms with van der Waals surface area (Å²) in [6.07, 6.45) is 0. The molecule has 1 rings (SSSR count). The number of likely N-dealkylation sites (N-methyl/N-ethyl adjacent to an activating group) is 1. The van der Waals surface area contributed by atoms with Gasteiger partial charge in [-0.05, 0) is 32.5 Å². The second-order valence-corrected chi connectivity index (χ2v) is 4.55. The van der Waals surface area contributed by atoms with Crippen molar-refractivity contribution >= 4 is 5.78 Å². The molecule has 1 aromatic rings. The molecule has 0 amide bonds. The Morgan fingerprint density at radius 3 is 2.44 bits per heavy atom. The maximum atomic E-state index is 12.5. The molecule has 0 aliphatic carbocycles. The summed E-state index contributed by atoms with van der Waals surface area (Å²) in [5.41, 5.74) is -0.0550. The van der Waals surface area contributed by atoms with Crippen molar-refractivity contribution in [1.82, 2.24) is 5.32 Å². The lowest BCUT2D eigenvalue weighted by Gasteiger charge is -2.25. The van der Waals surface area contributed by atoms with Gasteiger partial charge in [-0.25, -0.2) is 0 Å². The lowest BCUT2D eigenvalue weighted by Crippen LogP contribution is -2.46. The van der Waals surface area contributed by atoms with Gasteiger partial charge in [-0.1, -0.05) is 6.92 Å². The van der Waals surface area contributed by atoms with Crippen molar-refractivity contribution in [2.75, 3.05) is 20.8 Å². The zero-order chi connectivity index (χ0) is 13.8. The van der Waals surface area contributed by atoms with Crippen molar-refractivity contribution in [3.8, 4) is 11.5 Å². The zero-order valence-corrected chi connectivity index (χ0v) is 11.7. The van der Waals surface area contributed by atoms with Crippen LogP contribution in [0.1, 0.15) is 31.1 Å². The lowest BCUT2D eigenvalue weighted by molar-refractivity contribution is 0.0881. The first-order chi connectivity index (χ1) is 8.46. The van der Waals surface area contributed by atoms with E-state index in [0.29, 0.717) is 17.1 Å². The molecule has 0 fully saturated rings. The van der Waals surface area contributed by atoms with E-state index in [1.54, 1.807) is 32.4 Å². The van der Waals surface area contributed by atoms with Gasteiger partial charge in [0, 0.05) is 6.07 Å². The molecule has 0 aromatic heterocycles. The minimum absolute atomic E-state index is 0.00357. The van der Waals surface area contributed by atoms with Crippen LogP contribution in [0.2, 0.25) is 0 Å². The summed E-state index contributed by atoms with van der Waals surface area (Å²) in [6, 6.07) is 5.21. The highest BCUT2D eigenvalue weighted by Gasteiger charge is 2.29. The van der Waals surface area contributed by atoms with Gasteiger partial charge in [0.1, 0.15) is 11.5 Å². The molecule has 1 N–H and O–H groups in total. The lowest BCUT2D eigenvalue weighted by atomic mass is 9.92. The van der Waals surface area contributed by atoms with E-state index in [9.17, 15) is 4.79 Å². The van der Waals surface area contributed by atoms with Crippen LogP contribution in [0, 0.1) is 0 Å². The number of nitrogens with one attached hydrogen (secondary N) is 1. The molecule has 0 atom stereocenters. The Balaban J connectivity index is 3.13. The summed E-state index contributed by atoms with van der Waals surface area (Å²) in [5, 5.41) is 3.16. The molecule has 4 nitrogen and oxygen atoms in total. The number of Topliss-reactive ketones (excluding diaryl/α,β-unsaturated/α-hetero) is 1. The summed E-state index contributed by atoms with van der Waals surface area (Å²) in [7, 11) is 3.13.